The van der Waals surface area contributed by atoms with Gasteiger partial charge in [0.2, 0.25) is 0 Å². The standard InChI is InChI=1S/C4H12N2O/c1-3(6-2)4(5)7/h3-4,6-7H,5H2,1-2H3/t3-,4?/m0/s1. The van der Waals surface area contributed by atoms with E-state index in [0.29, 0.717) is 0 Å². The summed E-state index contributed by atoms with van der Waals surface area (Å²) in [6.07, 6.45) is -0.745. The summed E-state index contributed by atoms with van der Waals surface area (Å²) in [6.45, 7) is 1.81. The molecule has 0 aliphatic carbocycles. The van der Waals surface area contributed by atoms with Crippen LogP contribution in [0.5, 0.6) is 0 Å². The summed E-state index contributed by atoms with van der Waals surface area (Å²) >= 11 is 0. The van der Waals surface area contributed by atoms with E-state index in [0.717, 1.165) is 0 Å². The molecule has 0 amide bonds. The lowest BCUT2D eigenvalue weighted by molar-refractivity contribution is 0.145. The van der Waals surface area contributed by atoms with Crippen molar-refractivity contribution in [1.29, 1.82) is 0 Å². The van der Waals surface area contributed by atoms with E-state index in [1.165, 1.54) is 0 Å². The molecule has 0 aromatic carbocycles. The van der Waals surface area contributed by atoms with Gasteiger partial charge in [-0.2, -0.15) is 0 Å². The minimum atomic E-state index is -0.745. The van der Waals surface area contributed by atoms with Crippen molar-refractivity contribution in [3.63, 3.8) is 0 Å². The number of hydrogen-bond acceptors (Lipinski definition) is 3. The van der Waals surface area contributed by atoms with Crippen LogP contribution in [0.4, 0.5) is 0 Å². The topological polar surface area (TPSA) is 58.3 Å². The van der Waals surface area contributed by atoms with Gasteiger partial charge in [0, 0.05) is 6.04 Å². The smallest absolute Gasteiger partial charge is 0.117 e. The fraction of sp³-hybridized carbons (Fsp3) is 1.00. The Labute approximate surface area is 43.5 Å². The van der Waals surface area contributed by atoms with Gasteiger partial charge in [-0.1, -0.05) is 0 Å². The summed E-state index contributed by atoms with van der Waals surface area (Å²) < 4.78 is 0. The number of nitrogens with one attached hydrogen (secondary N) is 1. The number of aliphatic hydroxyl groups excluding tert-OH is 1. The molecule has 0 fully saturated rings. The van der Waals surface area contributed by atoms with Crippen molar-refractivity contribution >= 4 is 0 Å². The molecular formula is C4H12N2O. The Balaban J connectivity index is 3.14. The highest BCUT2D eigenvalue weighted by atomic mass is 16.3. The van der Waals surface area contributed by atoms with E-state index in [9.17, 15) is 0 Å². The second-order valence-corrected chi connectivity index (χ2v) is 1.57. The molecule has 0 aromatic rings. The molecule has 0 heterocycles. The van der Waals surface area contributed by atoms with Crippen molar-refractivity contribution < 1.29 is 5.11 Å². The Kier molecular flexibility index (Phi) is 2.91. The lowest BCUT2D eigenvalue weighted by Crippen LogP contribution is -2.40. The minimum Gasteiger partial charge on any atom is -0.377 e. The molecule has 0 rings (SSSR count). The zero-order chi connectivity index (χ0) is 5.86. The largest absolute Gasteiger partial charge is 0.377 e. The Morgan fingerprint density at radius 2 is 2.14 bits per heavy atom. The summed E-state index contributed by atoms with van der Waals surface area (Å²) in [4.78, 5) is 0. The number of hydrogen-bond donors (Lipinski definition) is 3. The van der Waals surface area contributed by atoms with Gasteiger partial charge >= 0.3 is 0 Å². The maximum absolute atomic E-state index is 8.54. The molecule has 0 bridgehead atoms. The quantitative estimate of drug-likeness (QED) is 0.389. The van der Waals surface area contributed by atoms with Gasteiger partial charge in [0.1, 0.15) is 6.23 Å². The van der Waals surface area contributed by atoms with E-state index in [4.69, 9.17) is 10.8 Å². The summed E-state index contributed by atoms with van der Waals surface area (Å²) in [6, 6.07) is -0.0139. The molecule has 0 aliphatic heterocycles. The lowest BCUT2D eigenvalue weighted by Gasteiger charge is -2.11. The summed E-state index contributed by atoms with van der Waals surface area (Å²) in [7, 11) is 1.75. The number of nitrogens with two attached hydrogens (primary N) is 1. The van der Waals surface area contributed by atoms with Crippen molar-refractivity contribution in [2.75, 3.05) is 7.05 Å². The fourth-order valence-electron chi connectivity index (χ4n) is 0.171. The Morgan fingerprint density at radius 3 is 2.14 bits per heavy atom. The van der Waals surface area contributed by atoms with Crippen LogP contribution in [0, 0.1) is 0 Å². The second kappa shape index (κ2) is 2.96. The van der Waals surface area contributed by atoms with E-state index in [-0.39, 0.29) is 6.04 Å². The van der Waals surface area contributed by atoms with Crippen molar-refractivity contribution in [3.05, 3.63) is 0 Å². The Morgan fingerprint density at radius 1 is 1.71 bits per heavy atom. The highest BCUT2D eigenvalue weighted by Crippen LogP contribution is 1.78. The first kappa shape index (κ1) is 6.88. The SMILES string of the molecule is CN[C@@H](C)C(N)O. The highest BCUT2D eigenvalue weighted by molar-refractivity contribution is 4.60. The van der Waals surface area contributed by atoms with Gasteiger partial charge in [-0.15, -0.1) is 0 Å². The number of rotatable bonds is 2. The molecule has 7 heavy (non-hydrogen) atoms. The van der Waals surface area contributed by atoms with E-state index in [2.05, 4.69) is 5.32 Å². The molecule has 2 atom stereocenters. The molecule has 0 saturated heterocycles. The first-order valence-electron chi connectivity index (χ1n) is 2.29. The van der Waals surface area contributed by atoms with Crippen LogP contribution in [0.25, 0.3) is 0 Å². The monoisotopic (exact) mass is 104 g/mol. The fourth-order valence-corrected chi connectivity index (χ4v) is 0.171. The molecule has 0 aliphatic rings. The van der Waals surface area contributed by atoms with Gasteiger partial charge in [-0.25, -0.2) is 0 Å². The van der Waals surface area contributed by atoms with Crippen LogP contribution in [0.15, 0.2) is 0 Å². The zero-order valence-corrected chi connectivity index (χ0v) is 4.68. The average molecular weight is 104 g/mol. The van der Waals surface area contributed by atoms with Crippen LogP contribution in [0.3, 0.4) is 0 Å². The van der Waals surface area contributed by atoms with Gasteiger partial charge in [0.05, 0.1) is 0 Å². The second-order valence-electron chi connectivity index (χ2n) is 1.57. The Bertz CT molecular complexity index is 47.0. The third kappa shape index (κ3) is 2.56. The van der Waals surface area contributed by atoms with Crippen molar-refractivity contribution in [3.8, 4) is 0 Å². The van der Waals surface area contributed by atoms with Crippen molar-refractivity contribution in [1.82, 2.24) is 5.32 Å². The highest BCUT2D eigenvalue weighted by Gasteiger charge is 2.02. The zero-order valence-electron chi connectivity index (χ0n) is 4.68. The predicted octanol–water partition coefficient (Wildman–Crippen LogP) is -1.13. The first-order chi connectivity index (χ1) is 3.18. The van der Waals surface area contributed by atoms with Crippen LogP contribution >= 0.6 is 0 Å². The van der Waals surface area contributed by atoms with Crippen molar-refractivity contribution in [2.45, 2.75) is 19.2 Å². The Hall–Kier alpha value is -0.120. The normalized spacial score (nSPS) is 18.9. The molecule has 0 radical (unpaired) electrons. The van der Waals surface area contributed by atoms with E-state index in [1.54, 1.807) is 7.05 Å². The maximum atomic E-state index is 8.54. The van der Waals surface area contributed by atoms with E-state index < -0.39 is 6.23 Å². The summed E-state index contributed by atoms with van der Waals surface area (Å²) in [5, 5.41) is 11.3. The van der Waals surface area contributed by atoms with Crippen LogP contribution in [-0.2, 0) is 0 Å². The molecule has 44 valence electrons. The summed E-state index contributed by atoms with van der Waals surface area (Å²) in [5.41, 5.74) is 5.04. The van der Waals surface area contributed by atoms with Gasteiger partial charge in [0.25, 0.3) is 0 Å². The van der Waals surface area contributed by atoms with E-state index in [1.807, 2.05) is 6.92 Å². The predicted molar refractivity (Wildman–Crippen MR) is 28.7 cm³/mol. The van der Waals surface area contributed by atoms with Gasteiger partial charge in [0.15, 0.2) is 0 Å². The van der Waals surface area contributed by atoms with Gasteiger partial charge in [-0.05, 0) is 14.0 Å². The summed E-state index contributed by atoms with van der Waals surface area (Å²) in [5.74, 6) is 0. The molecular weight excluding hydrogens is 92.1 g/mol. The van der Waals surface area contributed by atoms with E-state index >= 15 is 0 Å². The molecule has 1 unspecified atom stereocenters. The average Bonchev–Trinajstić information content (AvgIpc) is 1.65. The van der Waals surface area contributed by atoms with Gasteiger partial charge < -0.3 is 16.2 Å². The number of aliphatic hydroxyl groups is 1. The van der Waals surface area contributed by atoms with Crippen molar-refractivity contribution in [2.24, 2.45) is 5.73 Å². The maximum Gasteiger partial charge on any atom is 0.117 e. The molecule has 3 heteroatoms. The minimum absolute atomic E-state index is 0.0139. The molecule has 3 nitrogen and oxygen atoms in total. The molecule has 0 spiro atoms. The molecule has 0 saturated carbocycles. The lowest BCUT2D eigenvalue weighted by atomic mass is 10.3. The van der Waals surface area contributed by atoms with Crippen LogP contribution in [0.1, 0.15) is 6.92 Å². The molecule has 4 N–H and O–H groups in total. The van der Waals surface area contributed by atoms with Crippen LogP contribution in [0.2, 0.25) is 0 Å². The third-order valence-electron chi connectivity index (χ3n) is 0.968. The van der Waals surface area contributed by atoms with Gasteiger partial charge in [-0.3, -0.25) is 0 Å². The number of likely N-dealkylation sites (N-methyl/N-ethyl adjacent to an activating group) is 1. The van der Waals surface area contributed by atoms with Crippen LogP contribution < -0.4 is 11.1 Å². The first-order valence-corrected chi connectivity index (χ1v) is 2.29. The molecule has 0 aromatic heterocycles. The third-order valence-corrected chi connectivity index (χ3v) is 0.968. The van der Waals surface area contributed by atoms with Crippen LogP contribution in [-0.4, -0.2) is 24.4 Å².